The van der Waals surface area contributed by atoms with Crippen molar-refractivity contribution in [2.45, 2.75) is 19.9 Å². The van der Waals surface area contributed by atoms with Crippen molar-refractivity contribution < 1.29 is 9.21 Å². The third-order valence-corrected chi connectivity index (χ3v) is 2.62. The molecule has 0 aliphatic rings. The number of carbonyl (C=O) groups is 1. The van der Waals surface area contributed by atoms with Gasteiger partial charge in [0, 0.05) is 11.9 Å². The van der Waals surface area contributed by atoms with Crippen molar-refractivity contribution in [1.29, 1.82) is 0 Å². The largest absolute Gasteiger partial charge is 0.449 e. The van der Waals surface area contributed by atoms with Gasteiger partial charge in [-0.2, -0.15) is 0 Å². The molecule has 0 saturated carbocycles. The fourth-order valence-electron chi connectivity index (χ4n) is 1.57. The van der Waals surface area contributed by atoms with Crippen molar-refractivity contribution in [2.75, 3.05) is 0 Å². The van der Waals surface area contributed by atoms with E-state index in [4.69, 9.17) is 16.0 Å². The van der Waals surface area contributed by atoms with Crippen LogP contribution in [-0.4, -0.2) is 10.9 Å². The highest BCUT2D eigenvalue weighted by Gasteiger charge is 2.05. The molecule has 0 spiro atoms. The van der Waals surface area contributed by atoms with E-state index in [0.29, 0.717) is 29.6 Å². The maximum absolute atomic E-state index is 11.7. The number of nitrogens with one attached hydrogen (secondary N) is 1. The molecule has 2 rings (SSSR count). The summed E-state index contributed by atoms with van der Waals surface area (Å²) in [5, 5.41) is 3.41. The number of hydrogen-bond donors (Lipinski definition) is 1. The minimum Gasteiger partial charge on any atom is -0.449 e. The number of halogens is 1. The van der Waals surface area contributed by atoms with Crippen LogP contribution < -0.4 is 5.32 Å². The molecule has 0 aliphatic heterocycles. The smallest absolute Gasteiger partial charge is 0.224 e. The molecule has 4 nitrogen and oxygen atoms in total. The van der Waals surface area contributed by atoms with Crippen LogP contribution in [0, 0.1) is 6.92 Å². The van der Waals surface area contributed by atoms with E-state index >= 15 is 0 Å². The molecule has 0 bridgehead atoms. The minimum atomic E-state index is -0.0714. The van der Waals surface area contributed by atoms with E-state index in [1.807, 2.05) is 12.1 Å². The summed E-state index contributed by atoms with van der Waals surface area (Å²) in [4.78, 5) is 15.8. The fraction of sp³-hybridized carbons (Fsp3) is 0.231. The Kier molecular flexibility index (Phi) is 3.99. The number of oxazole rings is 1. The zero-order valence-electron chi connectivity index (χ0n) is 9.94. The van der Waals surface area contributed by atoms with E-state index in [0.717, 1.165) is 5.56 Å². The van der Waals surface area contributed by atoms with E-state index in [1.54, 1.807) is 19.1 Å². The zero-order chi connectivity index (χ0) is 13.0. The molecule has 18 heavy (non-hydrogen) atoms. The first kappa shape index (κ1) is 12.6. The van der Waals surface area contributed by atoms with E-state index in [1.165, 1.54) is 6.26 Å². The first-order valence-corrected chi connectivity index (χ1v) is 5.93. The van der Waals surface area contributed by atoms with Crippen molar-refractivity contribution in [2.24, 2.45) is 0 Å². The van der Waals surface area contributed by atoms with Gasteiger partial charge < -0.3 is 9.73 Å². The van der Waals surface area contributed by atoms with E-state index in [9.17, 15) is 4.79 Å². The molecule has 5 heteroatoms. The number of hydrogen-bond acceptors (Lipinski definition) is 3. The lowest BCUT2D eigenvalue weighted by atomic mass is 10.1. The first-order chi connectivity index (χ1) is 8.63. The lowest BCUT2D eigenvalue weighted by molar-refractivity contribution is -0.120. The summed E-state index contributed by atoms with van der Waals surface area (Å²) in [5.41, 5.74) is 1.60. The maximum Gasteiger partial charge on any atom is 0.224 e. The Labute approximate surface area is 110 Å². The molecule has 0 atom stereocenters. The molecule has 0 unspecified atom stereocenters. The summed E-state index contributed by atoms with van der Waals surface area (Å²) in [6.07, 6.45) is 1.84. The normalized spacial score (nSPS) is 10.3. The van der Waals surface area contributed by atoms with Gasteiger partial charge in [-0.05, 0) is 17.7 Å². The molecular weight excluding hydrogens is 252 g/mol. The van der Waals surface area contributed by atoms with Gasteiger partial charge in [0.05, 0.1) is 18.7 Å². The second-order valence-corrected chi connectivity index (χ2v) is 4.38. The number of benzene rings is 1. The Morgan fingerprint density at radius 3 is 3.00 bits per heavy atom. The number of aromatic nitrogens is 1. The Morgan fingerprint density at radius 2 is 2.33 bits per heavy atom. The summed E-state index contributed by atoms with van der Waals surface area (Å²) < 4.78 is 5.05. The zero-order valence-corrected chi connectivity index (χ0v) is 10.7. The van der Waals surface area contributed by atoms with Gasteiger partial charge in [0.15, 0.2) is 5.89 Å². The minimum absolute atomic E-state index is 0.0714. The fourth-order valence-corrected chi connectivity index (χ4v) is 1.79. The van der Waals surface area contributed by atoms with Gasteiger partial charge in [-0.1, -0.05) is 23.7 Å². The number of carbonyl (C=O) groups excluding carboxylic acids is 1. The highest BCUT2D eigenvalue weighted by molar-refractivity contribution is 6.30. The predicted octanol–water partition coefficient (Wildman–Crippen LogP) is 2.50. The van der Waals surface area contributed by atoms with Crippen molar-refractivity contribution in [3.05, 3.63) is 52.7 Å². The molecule has 0 aliphatic carbocycles. The van der Waals surface area contributed by atoms with E-state index in [-0.39, 0.29) is 5.91 Å². The Bertz CT molecular complexity index is 551. The van der Waals surface area contributed by atoms with Crippen LogP contribution in [0.4, 0.5) is 0 Å². The van der Waals surface area contributed by atoms with Crippen LogP contribution >= 0.6 is 11.6 Å². The summed E-state index contributed by atoms with van der Waals surface area (Å²) in [5.74, 6) is 0.520. The molecular formula is C13H13ClN2O2. The molecule has 0 radical (unpaired) electrons. The van der Waals surface area contributed by atoms with Gasteiger partial charge in [0.1, 0.15) is 6.26 Å². The summed E-state index contributed by atoms with van der Waals surface area (Å²) >= 11 is 5.85. The number of aryl methyl sites for hydroxylation is 1. The monoisotopic (exact) mass is 264 g/mol. The van der Waals surface area contributed by atoms with E-state index in [2.05, 4.69) is 10.3 Å². The van der Waals surface area contributed by atoms with Gasteiger partial charge in [-0.25, -0.2) is 4.98 Å². The Balaban J connectivity index is 1.85. The number of nitrogens with zero attached hydrogens (tertiary/aromatic N) is 1. The molecule has 1 aromatic carbocycles. The quantitative estimate of drug-likeness (QED) is 0.923. The lowest BCUT2D eigenvalue weighted by Gasteiger charge is -2.03. The van der Waals surface area contributed by atoms with Gasteiger partial charge >= 0.3 is 0 Å². The third-order valence-electron chi connectivity index (χ3n) is 2.39. The van der Waals surface area contributed by atoms with Crippen LogP contribution in [0.2, 0.25) is 5.02 Å². The second kappa shape index (κ2) is 5.69. The molecule has 1 amide bonds. The van der Waals surface area contributed by atoms with Crippen LogP contribution in [0.1, 0.15) is 17.1 Å². The maximum atomic E-state index is 11.7. The highest BCUT2D eigenvalue weighted by atomic mass is 35.5. The predicted molar refractivity (Wildman–Crippen MR) is 68.2 cm³/mol. The second-order valence-electron chi connectivity index (χ2n) is 3.94. The summed E-state index contributed by atoms with van der Waals surface area (Å²) in [6, 6.07) is 7.25. The molecule has 1 heterocycles. The number of rotatable bonds is 4. The molecule has 0 fully saturated rings. The summed E-state index contributed by atoms with van der Waals surface area (Å²) in [7, 11) is 0. The topological polar surface area (TPSA) is 55.1 Å². The highest BCUT2D eigenvalue weighted by Crippen LogP contribution is 2.11. The van der Waals surface area contributed by atoms with Crippen molar-refractivity contribution >= 4 is 17.5 Å². The standard InChI is InChI=1S/C13H13ClN2O2/c1-9-16-12(8-18-9)7-15-13(17)6-10-3-2-4-11(14)5-10/h2-5,8H,6-7H2,1H3,(H,15,17). The first-order valence-electron chi connectivity index (χ1n) is 5.55. The molecule has 1 N–H and O–H groups in total. The lowest BCUT2D eigenvalue weighted by Crippen LogP contribution is -2.24. The molecule has 0 saturated heterocycles. The van der Waals surface area contributed by atoms with Crippen molar-refractivity contribution in [3.8, 4) is 0 Å². The summed E-state index contributed by atoms with van der Waals surface area (Å²) in [6.45, 7) is 2.13. The van der Waals surface area contributed by atoms with Gasteiger partial charge in [-0.3, -0.25) is 4.79 Å². The van der Waals surface area contributed by atoms with Crippen LogP contribution in [-0.2, 0) is 17.8 Å². The Morgan fingerprint density at radius 1 is 1.50 bits per heavy atom. The van der Waals surface area contributed by atoms with Crippen molar-refractivity contribution in [1.82, 2.24) is 10.3 Å². The van der Waals surface area contributed by atoms with Crippen LogP contribution in [0.15, 0.2) is 34.9 Å². The van der Waals surface area contributed by atoms with Crippen molar-refractivity contribution in [3.63, 3.8) is 0 Å². The average molecular weight is 265 g/mol. The molecule has 2 aromatic rings. The van der Waals surface area contributed by atoms with Gasteiger partial charge in [-0.15, -0.1) is 0 Å². The number of amides is 1. The average Bonchev–Trinajstić information content (AvgIpc) is 2.73. The van der Waals surface area contributed by atoms with Gasteiger partial charge in [0.2, 0.25) is 5.91 Å². The van der Waals surface area contributed by atoms with Gasteiger partial charge in [0.25, 0.3) is 0 Å². The van der Waals surface area contributed by atoms with E-state index < -0.39 is 0 Å². The van der Waals surface area contributed by atoms with Crippen LogP contribution in [0.3, 0.4) is 0 Å². The molecule has 94 valence electrons. The molecule has 1 aromatic heterocycles. The Hall–Kier alpha value is -1.81. The third kappa shape index (κ3) is 3.60. The SMILES string of the molecule is Cc1nc(CNC(=O)Cc2cccc(Cl)c2)co1. The van der Waals surface area contributed by atoms with Crippen LogP contribution in [0.25, 0.3) is 0 Å². The van der Waals surface area contributed by atoms with Crippen LogP contribution in [0.5, 0.6) is 0 Å².